The molecule has 0 aliphatic heterocycles. The second-order valence-electron chi connectivity index (χ2n) is 3.99. The van der Waals surface area contributed by atoms with Crippen molar-refractivity contribution in [1.29, 1.82) is 5.41 Å². The van der Waals surface area contributed by atoms with Crippen LogP contribution in [0.2, 0.25) is 0 Å². The fourth-order valence-electron chi connectivity index (χ4n) is 1.86. The summed E-state index contributed by atoms with van der Waals surface area (Å²) in [7, 11) is 0. The van der Waals surface area contributed by atoms with Gasteiger partial charge in [-0.2, -0.15) is 0 Å². The van der Waals surface area contributed by atoms with Gasteiger partial charge in [0.2, 0.25) is 0 Å². The van der Waals surface area contributed by atoms with Crippen LogP contribution in [0.25, 0.3) is 6.08 Å². The van der Waals surface area contributed by atoms with E-state index in [1.165, 1.54) is 0 Å². The topological polar surface area (TPSA) is 61.2 Å². The fourth-order valence-corrected chi connectivity index (χ4v) is 1.86. The SMILES string of the molecule is N=C1CC=C(C(=O)O)C(=Cc2ccccc2)C1. The molecule has 86 valence electrons. The van der Waals surface area contributed by atoms with Crippen LogP contribution in [0, 0.1) is 5.41 Å². The minimum absolute atomic E-state index is 0.324. The average Bonchev–Trinajstić information content (AvgIpc) is 2.30. The number of nitrogens with one attached hydrogen (secondary N) is 1. The third kappa shape index (κ3) is 2.69. The van der Waals surface area contributed by atoms with Crippen LogP contribution in [0.4, 0.5) is 0 Å². The molecule has 0 amide bonds. The van der Waals surface area contributed by atoms with Crippen LogP contribution in [0.15, 0.2) is 47.6 Å². The lowest BCUT2D eigenvalue weighted by Crippen LogP contribution is -2.12. The number of carboxylic acid groups (broad SMARTS) is 1. The van der Waals surface area contributed by atoms with Gasteiger partial charge < -0.3 is 10.5 Å². The fraction of sp³-hybridized carbons (Fsp3) is 0.143. The highest BCUT2D eigenvalue weighted by Crippen LogP contribution is 2.24. The van der Waals surface area contributed by atoms with Crippen molar-refractivity contribution >= 4 is 17.8 Å². The van der Waals surface area contributed by atoms with Crippen LogP contribution in [0.5, 0.6) is 0 Å². The molecular formula is C14H13NO2. The Morgan fingerprint density at radius 3 is 2.65 bits per heavy atom. The van der Waals surface area contributed by atoms with Crippen molar-refractivity contribution in [2.24, 2.45) is 0 Å². The Hall–Kier alpha value is -2.16. The van der Waals surface area contributed by atoms with Crippen molar-refractivity contribution < 1.29 is 9.90 Å². The molecule has 0 atom stereocenters. The third-order valence-electron chi connectivity index (χ3n) is 2.67. The van der Waals surface area contributed by atoms with Crippen LogP contribution in [-0.2, 0) is 4.79 Å². The Morgan fingerprint density at radius 1 is 1.29 bits per heavy atom. The Balaban J connectivity index is 2.38. The number of carbonyl (C=O) groups is 1. The second kappa shape index (κ2) is 4.78. The summed E-state index contributed by atoms with van der Waals surface area (Å²) >= 11 is 0. The summed E-state index contributed by atoms with van der Waals surface area (Å²) in [5, 5.41) is 16.7. The number of benzene rings is 1. The molecular weight excluding hydrogens is 214 g/mol. The highest BCUT2D eigenvalue weighted by Gasteiger charge is 2.18. The van der Waals surface area contributed by atoms with Gasteiger partial charge in [0.05, 0.1) is 5.57 Å². The molecule has 1 aromatic carbocycles. The number of rotatable bonds is 2. The molecule has 0 fully saturated rings. The Bertz CT molecular complexity index is 512. The Morgan fingerprint density at radius 2 is 2.00 bits per heavy atom. The van der Waals surface area contributed by atoms with Crippen LogP contribution < -0.4 is 0 Å². The maximum absolute atomic E-state index is 11.1. The van der Waals surface area contributed by atoms with E-state index in [0.717, 1.165) is 5.56 Å². The van der Waals surface area contributed by atoms with Crippen LogP contribution >= 0.6 is 0 Å². The van der Waals surface area contributed by atoms with E-state index in [1.807, 2.05) is 36.4 Å². The van der Waals surface area contributed by atoms with Gasteiger partial charge in [-0.3, -0.25) is 0 Å². The molecule has 3 nitrogen and oxygen atoms in total. The van der Waals surface area contributed by atoms with Gasteiger partial charge in [-0.25, -0.2) is 4.79 Å². The maximum Gasteiger partial charge on any atom is 0.335 e. The van der Waals surface area contributed by atoms with E-state index in [4.69, 9.17) is 10.5 Å². The van der Waals surface area contributed by atoms with Gasteiger partial charge in [0.1, 0.15) is 0 Å². The molecule has 2 rings (SSSR count). The van der Waals surface area contributed by atoms with E-state index in [-0.39, 0.29) is 0 Å². The van der Waals surface area contributed by atoms with E-state index < -0.39 is 5.97 Å². The standard InChI is InChI=1S/C14H13NO2/c15-12-6-7-13(14(16)17)11(9-12)8-10-4-2-1-3-5-10/h1-5,7-8,15H,6,9H2,(H,16,17). The number of aliphatic carboxylic acids is 1. The molecule has 2 N–H and O–H groups in total. The molecule has 0 radical (unpaired) electrons. The third-order valence-corrected chi connectivity index (χ3v) is 2.67. The molecule has 0 heterocycles. The molecule has 0 aromatic heterocycles. The first-order valence-electron chi connectivity index (χ1n) is 5.42. The van der Waals surface area contributed by atoms with E-state index in [1.54, 1.807) is 6.08 Å². The molecule has 0 spiro atoms. The average molecular weight is 227 g/mol. The van der Waals surface area contributed by atoms with Gasteiger partial charge >= 0.3 is 5.97 Å². The zero-order valence-electron chi connectivity index (χ0n) is 9.31. The number of hydrogen-bond donors (Lipinski definition) is 2. The Kier molecular flexibility index (Phi) is 3.19. The summed E-state index contributed by atoms with van der Waals surface area (Å²) < 4.78 is 0. The lowest BCUT2D eigenvalue weighted by Gasteiger charge is -2.14. The van der Waals surface area contributed by atoms with Crippen LogP contribution in [-0.4, -0.2) is 16.8 Å². The first kappa shape index (κ1) is 11.3. The minimum Gasteiger partial charge on any atom is -0.478 e. The quantitative estimate of drug-likeness (QED) is 0.816. The van der Waals surface area contributed by atoms with Crippen molar-refractivity contribution in [2.45, 2.75) is 12.8 Å². The largest absolute Gasteiger partial charge is 0.478 e. The monoisotopic (exact) mass is 227 g/mol. The Labute approximate surface area is 99.6 Å². The molecule has 1 aromatic rings. The summed E-state index contributed by atoms with van der Waals surface area (Å²) in [6.07, 6.45) is 4.32. The van der Waals surface area contributed by atoms with Crippen molar-refractivity contribution in [3.63, 3.8) is 0 Å². The predicted octanol–water partition coefficient (Wildman–Crippen LogP) is 2.89. The lowest BCUT2D eigenvalue weighted by atomic mass is 9.90. The van der Waals surface area contributed by atoms with Crippen molar-refractivity contribution in [1.82, 2.24) is 0 Å². The van der Waals surface area contributed by atoms with Crippen LogP contribution in [0.3, 0.4) is 0 Å². The van der Waals surface area contributed by atoms with Crippen molar-refractivity contribution in [3.8, 4) is 0 Å². The number of hydrogen-bond acceptors (Lipinski definition) is 2. The molecule has 3 heteroatoms. The smallest absolute Gasteiger partial charge is 0.335 e. The highest BCUT2D eigenvalue weighted by atomic mass is 16.4. The molecule has 1 aliphatic carbocycles. The highest BCUT2D eigenvalue weighted by molar-refractivity contribution is 6.00. The van der Waals surface area contributed by atoms with Gasteiger partial charge in [-0.05, 0) is 11.1 Å². The summed E-state index contributed by atoms with van der Waals surface area (Å²) in [6.45, 7) is 0. The van der Waals surface area contributed by atoms with Gasteiger partial charge in [0.15, 0.2) is 0 Å². The summed E-state index contributed by atoms with van der Waals surface area (Å²) in [5.41, 5.74) is 2.55. The van der Waals surface area contributed by atoms with Crippen molar-refractivity contribution in [3.05, 3.63) is 53.1 Å². The zero-order chi connectivity index (χ0) is 12.3. The summed E-state index contributed by atoms with van der Waals surface area (Å²) in [5.74, 6) is -0.917. The lowest BCUT2D eigenvalue weighted by molar-refractivity contribution is -0.132. The first-order valence-corrected chi connectivity index (χ1v) is 5.42. The van der Waals surface area contributed by atoms with E-state index in [9.17, 15) is 4.79 Å². The number of carboxylic acids is 1. The summed E-state index contributed by atoms with van der Waals surface area (Å²) in [6, 6.07) is 9.57. The molecule has 17 heavy (non-hydrogen) atoms. The predicted molar refractivity (Wildman–Crippen MR) is 67.1 cm³/mol. The normalized spacial score (nSPS) is 18.0. The van der Waals surface area contributed by atoms with Crippen LogP contribution in [0.1, 0.15) is 18.4 Å². The van der Waals surface area contributed by atoms with E-state index in [0.29, 0.717) is 29.7 Å². The molecule has 1 aliphatic rings. The van der Waals surface area contributed by atoms with Gasteiger partial charge in [0, 0.05) is 18.6 Å². The maximum atomic E-state index is 11.1. The van der Waals surface area contributed by atoms with E-state index in [2.05, 4.69) is 0 Å². The second-order valence-corrected chi connectivity index (χ2v) is 3.99. The van der Waals surface area contributed by atoms with Gasteiger partial charge in [-0.15, -0.1) is 0 Å². The number of allylic oxidation sites excluding steroid dienone is 1. The molecule has 0 saturated heterocycles. The zero-order valence-corrected chi connectivity index (χ0v) is 9.31. The van der Waals surface area contributed by atoms with Crippen molar-refractivity contribution in [2.75, 3.05) is 0 Å². The first-order chi connectivity index (χ1) is 8.16. The van der Waals surface area contributed by atoms with E-state index >= 15 is 0 Å². The molecule has 0 bridgehead atoms. The molecule has 0 saturated carbocycles. The van der Waals surface area contributed by atoms with Gasteiger partial charge in [0.25, 0.3) is 0 Å². The summed E-state index contributed by atoms with van der Waals surface area (Å²) in [4.78, 5) is 11.1. The van der Waals surface area contributed by atoms with Gasteiger partial charge in [-0.1, -0.05) is 42.5 Å². The molecule has 0 unspecified atom stereocenters. The minimum atomic E-state index is -0.917.